The van der Waals surface area contributed by atoms with Gasteiger partial charge < -0.3 is 24.7 Å². The number of nitrogens with one attached hydrogen (secondary N) is 2. The van der Waals surface area contributed by atoms with Gasteiger partial charge in [0.15, 0.2) is 14.0 Å². The Bertz CT molecular complexity index is 1530. The van der Waals surface area contributed by atoms with E-state index >= 15 is 0 Å². The highest BCUT2D eigenvalue weighted by Crippen LogP contribution is 2.46. The standard InChI is InChI=1S/C28H36BN8O3Si/c1-27(2,3)41(7,8)40-16-28(4)15-37(29-17-38)24-19(14-30)11-18(12-20(24)28)21-9-10-32-26(33-21)34-23-13-22(25(39)31-5)35-36(23)6/h9-13,17H,15-16H2,1-8H3,(H,31,39)(H,32,33,34)/t28-/m1/s1. The maximum atomic E-state index is 12.0. The highest BCUT2D eigenvalue weighted by atomic mass is 28.4. The van der Waals surface area contributed by atoms with Crippen LogP contribution in [0, 0.1) is 11.3 Å². The van der Waals surface area contributed by atoms with Crippen LogP contribution in [0.3, 0.4) is 0 Å². The predicted molar refractivity (Wildman–Crippen MR) is 162 cm³/mol. The van der Waals surface area contributed by atoms with Crippen molar-refractivity contribution in [2.24, 2.45) is 7.05 Å². The lowest BCUT2D eigenvalue weighted by Gasteiger charge is -2.39. The maximum absolute atomic E-state index is 12.0. The molecule has 3 aromatic rings. The minimum Gasteiger partial charge on any atom is -0.416 e. The average molecular weight is 572 g/mol. The second-order valence-corrected chi connectivity index (χ2v) is 16.9. The van der Waals surface area contributed by atoms with E-state index in [0.29, 0.717) is 41.9 Å². The molecule has 41 heavy (non-hydrogen) atoms. The molecule has 11 nitrogen and oxygen atoms in total. The van der Waals surface area contributed by atoms with E-state index < -0.39 is 13.7 Å². The summed E-state index contributed by atoms with van der Waals surface area (Å²) in [7, 11) is 2.68. The summed E-state index contributed by atoms with van der Waals surface area (Å²) < 4.78 is 8.20. The van der Waals surface area contributed by atoms with Crippen LogP contribution in [0.4, 0.5) is 17.5 Å². The number of fused-ring (bicyclic) bond motifs is 1. The number of rotatable bonds is 9. The van der Waals surface area contributed by atoms with Gasteiger partial charge in [0.05, 0.1) is 11.3 Å². The first-order valence-electron chi connectivity index (χ1n) is 13.4. The van der Waals surface area contributed by atoms with Crippen LogP contribution in [0.15, 0.2) is 30.5 Å². The van der Waals surface area contributed by atoms with Gasteiger partial charge in [-0.25, -0.2) is 9.97 Å². The van der Waals surface area contributed by atoms with E-state index in [1.54, 1.807) is 38.5 Å². The minimum atomic E-state index is -2.06. The summed E-state index contributed by atoms with van der Waals surface area (Å²) in [6.07, 6.45) is 2.38. The van der Waals surface area contributed by atoms with Crippen molar-refractivity contribution in [2.75, 3.05) is 30.3 Å². The van der Waals surface area contributed by atoms with Crippen molar-refractivity contribution >= 4 is 45.3 Å². The monoisotopic (exact) mass is 571 g/mol. The zero-order valence-corrected chi connectivity index (χ0v) is 25.9. The zero-order chi connectivity index (χ0) is 30.2. The first-order chi connectivity index (χ1) is 19.2. The lowest BCUT2D eigenvalue weighted by Crippen LogP contribution is -2.46. The first-order valence-corrected chi connectivity index (χ1v) is 16.3. The van der Waals surface area contributed by atoms with Crippen LogP contribution in [-0.2, 0) is 21.7 Å². The van der Waals surface area contributed by atoms with Gasteiger partial charge >= 0.3 is 7.41 Å². The Morgan fingerprint density at radius 1 is 1.32 bits per heavy atom. The van der Waals surface area contributed by atoms with Gasteiger partial charge in [-0.2, -0.15) is 10.4 Å². The fourth-order valence-electron chi connectivity index (χ4n) is 4.58. The molecule has 0 unspecified atom stereocenters. The van der Waals surface area contributed by atoms with Crippen molar-refractivity contribution in [3.05, 3.63) is 47.3 Å². The molecule has 1 aromatic carbocycles. The summed E-state index contributed by atoms with van der Waals surface area (Å²) in [5.74, 6) is 0.558. The molecule has 0 aliphatic carbocycles. The Hall–Kier alpha value is -4.02. The molecule has 213 valence electrons. The summed E-state index contributed by atoms with van der Waals surface area (Å²) in [4.78, 5) is 34.4. The SMILES string of the molecule is CNC(=O)c1cc(Nc2nccc(-c3cc(C#N)c4c(c3)[C@@](C)(CO[Si](C)(C)C(C)(C)C)CN4[B]C=O)n2)n(C)n1. The van der Waals surface area contributed by atoms with E-state index in [2.05, 4.69) is 67.6 Å². The largest absolute Gasteiger partial charge is 0.416 e. The normalized spacial score (nSPS) is 16.6. The average Bonchev–Trinajstić information content (AvgIpc) is 3.43. The molecular formula is C28H36BN8O3Si. The molecule has 2 aromatic heterocycles. The molecule has 0 spiro atoms. The molecule has 1 aliphatic rings. The summed E-state index contributed by atoms with van der Waals surface area (Å²) in [5, 5.41) is 20.1. The van der Waals surface area contributed by atoms with Crippen molar-refractivity contribution in [3.63, 3.8) is 0 Å². The third kappa shape index (κ3) is 5.89. The fourth-order valence-corrected chi connectivity index (χ4v) is 5.69. The van der Waals surface area contributed by atoms with Gasteiger partial charge in [-0.15, -0.1) is 0 Å². The third-order valence-corrected chi connectivity index (χ3v) is 12.5. The minimum absolute atomic E-state index is 0.0401. The number of carbonyl (C=O) groups is 2. The van der Waals surface area contributed by atoms with Gasteiger partial charge in [0.1, 0.15) is 18.1 Å². The molecule has 13 heteroatoms. The molecule has 0 bridgehead atoms. The molecular weight excluding hydrogens is 535 g/mol. The quantitative estimate of drug-likeness (QED) is 0.290. The molecule has 3 heterocycles. The van der Waals surface area contributed by atoms with E-state index in [1.807, 2.05) is 10.9 Å². The van der Waals surface area contributed by atoms with E-state index in [4.69, 9.17) is 9.41 Å². The molecule has 1 atom stereocenters. The lowest BCUT2D eigenvalue weighted by molar-refractivity contribution is 0.0957. The van der Waals surface area contributed by atoms with E-state index in [0.717, 1.165) is 17.3 Å². The number of hydrogen-bond acceptors (Lipinski definition) is 9. The Balaban J connectivity index is 1.73. The highest BCUT2D eigenvalue weighted by molar-refractivity contribution is 6.74. The Labute approximate surface area is 242 Å². The summed E-state index contributed by atoms with van der Waals surface area (Å²) in [5.41, 5.74) is 3.25. The number of amides is 1. The van der Waals surface area contributed by atoms with E-state index in [9.17, 15) is 14.9 Å². The number of anilines is 3. The van der Waals surface area contributed by atoms with Crippen LogP contribution in [0.5, 0.6) is 0 Å². The smallest absolute Gasteiger partial charge is 0.329 e. The van der Waals surface area contributed by atoms with E-state index in [1.165, 1.54) is 12.1 Å². The molecule has 1 amide bonds. The Morgan fingerprint density at radius 3 is 2.68 bits per heavy atom. The Kier molecular flexibility index (Phi) is 8.11. The van der Waals surface area contributed by atoms with Crippen LogP contribution in [0.1, 0.15) is 49.3 Å². The van der Waals surface area contributed by atoms with Crippen molar-refractivity contribution in [3.8, 4) is 17.3 Å². The van der Waals surface area contributed by atoms with Crippen LogP contribution < -0.4 is 15.4 Å². The first kappa shape index (κ1) is 30.0. The van der Waals surface area contributed by atoms with Gasteiger partial charge in [0.2, 0.25) is 5.95 Å². The second-order valence-electron chi connectivity index (χ2n) is 12.1. The number of nitrogens with zero attached hydrogens (tertiary/aromatic N) is 6. The predicted octanol–water partition coefficient (Wildman–Crippen LogP) is 3.76. The highest BCUT2D eigenvalue weighted by Gasteiger charge is 2.44. The molecule has 1 radical (unpaired) electrons. The summed E-state index contributed by atoms with van der Waals surface area (Å²) in [6.45, 7) is 14.1. The second kappa shape index (κ2) is 11.1. The number of benzene rings is 1. The van der Waals surface area contributed by atoms with Crippen molar-refractivity contribution < 1.29 is 14.0 Å². The summed E-state index contributed by atoms with van der Waals surface area (Å²) >= 11 is 0. The molecule has 4 rings (SSSR count). The van der Waals surface area contributed by atoms with Crippen molar-refractivity contribution in [1.29, 1.82) is 5.26 Å². The van der Waals surface area contributed by atoms with Gasteiger partial charge in [-0.05, 0) is 41.9 Å². The maximum Gasteiger partial charge on any atom is 0.329 e. The van der Waals surface area contributed by atoms with Crippen LogP contribution in [-0.4, -0.2) is 67.8 Å². The lowest BCUT2D eigenvalue weighted by atomic mass is 9.83. The van der Waals surface area contributed by atoms with Crippen LogP contribution >= 0.6 is 0 Å². The molecule has 1 aliphatic heterocycles. The van der Waals surface area contributed by atoms with Crippen molar-refractivity contribution in [1.82, 2.24) is 25.1 Å². The number of aryl methyl sites for hydroxylation is 1. The molecule has 0 fully saturated rings. The van der Waals surface area contributed by atoms with Gasteiger partial charge in [0.25, 0.3) is 5.91 Å². The molecule has 2 N–H and O–H groups in total. The number of nitriles is 1. The number of hydrogen-bond donors (Lipinski definition) is 2. The van der Waals surface area contributed by atoms with E-state index in [-0.39, 0.29) is 16.6 Å². The van der Waals surface area contributed by atoms with Gasteiger partial charge in [0, 0.05) is 56.2 Å². The number of carbonyl (C=O) groups excluding carboxylic acids is 2. The van der Waals surface area contributed by atoms with Gasteiger partial charge in [-0.3, -0.25) is 9.48 Å². The number of aromatic nitrogens is 4. The topological polar surface area (TPSA) is 138 Å². The van der Waals surface area contributed by atoms with Crippen LogP contribution in [0.2, 0.25) is 18.1 Å². The zero-order valence-electron chi connectivity index (χ0n) is 24.9. The molecule has 0 saturated carbocycles. The summed E-state index contributed by atoms with van der Waals surface area (Å²) in [6, 6.07) is 9.53. The molecule has 0 saturated heterocycles. The van der Waals surface area contributed by atoms with Crippen molar-refractivity contribution in [2.45, 2.75) is 51.2 Å². The Morgan fingerprint density at radius 2 is 2.05 bits per heavy atom. The fraction of sp³-hybridized carbons (Fsp3) is 0.429. The van der Waals surface area contributed by atoms with Gasteiger partial charge in [-0.1, -0.05) is 27.7 Å². The van der Waals surface area contributed by atoms with Crippen LogP contribution in [0.25, 0.3) is 11.3 Å². The third-order valence-electron chi connectivity index (χ3n) is 8.02.